The fourth-order valence-corrected chi connectivity index (χ4v) is 2.69. The zero-order valence-electron chi connectivity index (χ0n) is 14.5. The molecule has 0 aliphatic heterocycles. The Hall–Kier alpha value is -0.910. The number of Topliss-reactive ketones (excluding diaryl/α,β-unsaturated/α-hetero) is 1. The number of hydrogen-bond acceptors (Lipinski definition) is 6. The van der Waals surface area contributed by atoms with Gasteiger partial charge < -0.3 is 19.1 Å². The average Bonchev–Trinajstić information content (AvgIpc) is 2.41. The fraction of sp³-hybridized carbons (Fsp3) is 0.857. The number of hydrogen-bond donors (Lipinski definition) is 1. The first-order chi connectivity index (χ1) is 9.98. The van der Waals surface area contributed by atoms with Crippen LogP contribution in [0.15, 0.2) is 0 Å². The fourth-order valence-electron chi connectivity index (χ4n) is 1.70. The quantitative estimate of drug-likeness (QED) is 0.685. The predicted octanol–water partition coefficient (Wildman–Crippen LogP) is 2.98. The van der Waals surface area contributed by atoms with Gasteiger partial charge in [-0.3, -0.25) is 9.36 Å². The summed E-state index contributed by atoms with van der Waals surface area (Å²) in [5, 5.41) is 2.55. The molecule has 0 saturated carbocycles. The first-order valence-electron chi connectivity index (χ1n) is 7.20. The minimum atomic E-state index is -3.47. The molecule has 0 fully saturated rings. The maximum Gasteiger partial charge on any atom is 0.408 e. The number of carbonyl (C=O) groups is 2. The number of nitrogens with one attached hydrogen (secondary N) is 1. The molecular weight excluding hydrogens is 309 g/mol. The lowest BCUT2D eigenvalue weighted by Gasteiger charge is -2.26. The third-order valence-corrected chi connectivity index (χ3v) is 4.95. The molecule has 1 amide bonds. The van der Waals surface area contributed by atoms with E-state index in [-0.39, 0.29) is 5.92 Å². The molecule has 130 valence electrons. The van der Waals surface area contributed by atoms with Gasteiger partial charge in [-0.1, -0.05) is 20.3 Å². The maximum atomic E-state index is 12.4. The molecule has 0 bridgehead atoms. The summed E-state index contributed by atoms with van der Waals surface area (Å²) in [6.07, 6.45) is -0.419. The van der Waals surface area contributed by atoms with E-state index in [1.165, 1.54) is 14.2 Å². The zero-order chi connectivity index (χ0) is 17.6. The Morgan fingerprint density at radius 2 is 1.68 bits per heavy atom. The third kappa shape index (κ3) is 7.38. The number of amides is 1. The minimum Gasteiger partial charge on any atom is -0.444 e. The van der Waals surface area contributed by atoms with E-state index in [0.717, 1.165) is 0 Å². The van der Waals surface area contributed by atoms with Gasteiger partial charge in [0.15, 0.2) is 5.78 Å². The van der Waals surface area contributed by atoms with Crippen LogP contribution in [0.1, 0.15) is 41.0 Å². The van der Waals surface area contributed by atoms with Gasteiger partial charge in [-0.25, -0.2) is 4.79 Å². The van der Waals surface area contributed by atoms with Crippen molar-refractivity contribution in [1.82, 2.24) is 5.32 Å². The Morgan fingerprint density at radius 1 is 1.18 bits per heavy atom. The second-order valence-electron chi connectivity index (χ2n) is 6.11. The molecule has 8 heteroatoms. The van der Waals surface area contributed by atoms with Crippen molar-refractivity contribution in [3.8, 4) is 0 Å². The van der Waals surface area contributed by atoms with Crippen LogP contribution in [0.3, 0.4) is 0 Å². The van der Waals surface area contributed by atoms with E-state index in [4.69, 9.17) is 13.8 Å². The molecule has 0 radical (unpaired) electrons. The van der Waals surface area contributed by atoms with Gasteiger partial charge in [0.1, 0.15) is 11.8 Å². The van der Waals surface area contributed by atoms with Gasteiger partial charge in [-0.15, -0.1) is 0 Å². The number of rotatable bonds is 8. The lowest BCUT2D eigenvalue weighted by Crippen LogP contribution is -2.48. The number of carbonyl (C=O) groups excluding carboxylic acids is 2. The Kier molecular flexibility index (Phi) is 8.29. The van der Waals surface area contributed by atoms with Crippen molar-refractivity contribution in [2.75, 3.05) is 20.4 Å². The summed E-state index contributed by atoms with van der Waals surface area (Å²) in [6.45, 7) is 8.92. The maximum absolute atomic E-state index is 12.4. The average molecular weight is 337 g/mol. The van der Waals surface area contributed by atoms with Gasteiger partial charge in [-0.05, 0) is 26.7 Å². The zero-order valence-corrected chi connectivity index (χ0v) is 15.4. The van der Waals surface area contributed by atoms with Gasteiger partial charge in [0.25, 0.3) is 0 Å². The Morgan fingerprint density at radius 3 is 2.05 bits per heavy atom. The number of alkyl carbamates (subject to hydrolysis) is 1. The van der Waals surface area contributed by atoms with Crippen LogP contribution in [0.4, 0.5) is 4.79 Å². The Bertz CT molecular complexity index is 424. The van der Waals surface area contributed by atoms with Crippen LogP contribution in [0.2, 0.25) is 0 Å². The van der Waals surface area contributed by atoms with Crippen LogP contribution >= 0.6 is 7.60 Å². The predicted molar refractivity (Wildman–Crippen MR) is 84.1 cm³/mol. The number of ketones is 1. The lowest BCUT2D eigenvalue weighted by molar-refractivity contribution is -0.120. The van der Waals surface area contributed by atoms with Crippen LogP contribution in [0.25, 0.3) is 0 Å². The SMILES string of the molecule is CC[C@H](C)[C@H](NC(=O)OC(C)(C)C)C(=O)CP(=O)(OC)OC. The molecular formula is C14H28NO6P. The molecule has 0 heterocycles. The van der Waals surface area contributed by atoms with Crippen molar-refractivity contribution in [2.24, 2.45) is 5.92 Å². The van der Waals surface area contributed by atoms with E-state index in [1.807, 2.05) is 13.8 Å². The largest absolute Gasteiger partial charge is 0.444 e. The lowest BCUT2D eigenvalue weighted by atomic mass is 9.96. The van der Waals surface area contributed by atoms with Crippen molar-refractivity contribution in [1.29, 1.82) is 0 Å². The van der Waals surface area contributed by atoms with Crippen LogP contribution in [0.5, 0.6) is 0 Å². The molecule has 1 N–H and O–H groups in total. The Balaban J connectivity index is 5.03. The standard InChI is InChI=1S/C14H28NO6P/c1-8-10(2)12(15-13(17)21-14(3,4)5)11(16)9-22(18,19-6)20-7/h10,12H,8-9H2,1-7H3,(H,15,17)/t10-,12-/m0/s1. The first-order valence-corrected chi connectivity index (χ1v) is 8.93. The molecule has 0 aliphatic rings. The molecule has 0 aliphatic carbocycles. The molecule has 2 atom stereocenters. The summed E-state index contributed by atoms with van der Waals surface area (Å²) in [5.41, 5.74) is -0.665. The van der Waals surface area contributed by atoms with Crippen molar-refractivity contribution < 1.29 is 27.9 Å². The van der Waals surface area contributed by atoms with Gasteiger partial charge >= 0.3 is 13.7 Å². The molecule has 0 rings (SSSR count). The van der Waals surface area contributed by atoms with E-state index in [1.54, 1.807) is 20.8 Å². The van der Waals surface area contributed by atoms with Gasteiger partial charge in [-0.2, -0.15) is 0 Å². The van der Waals surface area contributed by atoms with Crippen LogP contribution in [-0.2, 0) is 23.1 Å². The first kappa shape index (κ1) is 21.1. The highest BCUT2D eigenvalue weighted by molar-refractivity contribution is 7.54. The van der Waals surface area contributed by atoms with E-state index < -0.39 is 37.3 Å². The summed E-state index contributed by atoms with van der Waals surface area (Å²) in [5.74, 6) is -0.547. The third-order valence-electron chi connectivity index (χ3n) is 3.14. The van der Waals surface area contributed by atoms with Crippen LogP contribution in [0, 0.1) is 5.92 Å². The van der Waals surface area contributed by atoms with Gasteiger partial charge in [0.05, 0.1) is 6.04 Å². The molecule has 7 nitrogen and oxygen atoms in total. The van der Waals surface area contributed by atoms with Crippen LogP contribution in [-0.4, -0.2) is 43.9 Å². The molecule has 0 aromatic rings. The topological polar surface area (TPSA) is 90.9 Å². The van der Waals surface area contributed by atoms with E-state index in [9.17, 15) is 14.2 Å². The van der Waals surface area contributed by atoms with Crippen molar-refractivity contribution in [3.63, 3.8) is 0 Å². The van der Waals surface area contributed by atoms with E-state index in [2.05, 4.69) is 5.32 Å². The summed E-state index contributed by atoms with van der Waals surface area (Å²) in [4.78, 5) is 24.3. The molecule has 0 spiro atoms. The molecule has 0 aromatic carbocycles. The number of ether oxygens (including phenoxy) is 1. The second kappa shape index (κ2) is 8.65. The molecule has 0 aromatic heterocycles. The van der Waals surface area contributed by atoms with Crippen molar-refractivity contribution in [2.45, 2.75) is 52.7 Å². The van der Waals surface area contributed by atoms with Crippen LogP contribution < -0.4 is 5.32 Å². The highest BCUT2D eigenvalue weighted by Gasteiger charge is 2.34. The van der Waals surface area contributed by atoms with E-state index in [0.29, 0.717) is 6.42 Å². The second-order valence-corrected chi connectivity index (χ2v) is 8.38. The smallest absolute Gasteiger partial charge is 0.408 e. The van der Waals surface area contributed by atoms with Gasteiger partial charge in [0.2, 0.25) is 0 Å². The Labute approximate surface area is 132 Å². The summed E-state index contributed by atoms with van der Waals surface area (Å²) >= 11 is 0. The molecule has 0 unspecified atom stereocenters. The van der Waals surface area contributed by atoms with E-state index >= 15 is 0 Å². The highest BCUT2D eigenvalue weighted by Crippen LogP contribution is 2.46. The summed E-state index contributed by atoms with van der Waals surface area (Å²) in [6, 6.07) is -0.807. The van der Waals surface area contributed by atoms with Crippen molar-refractivity contribution in [3.05, 3.63) is 0 Å². The normalized spacial score (nSPS) is 15.0. The monoisotopic (exact) mass is 337 g/mol. The highest BCUT2D eigenvalue weighted by atomic mass is 31.2. The van der Waals surface area contributed by atoms with Crippen molar-refractivity contribution >= 4 is 19.5 Å². The summed E-state index contributed by atoms with van der Waals surface area (Å²) < 4.78 is 26.8. The molecule has 0 saturated heterocycles. The summed E-state index contributed by atoms with van der Waals surface area (Å²) in [7, 11) is -1.03. The minimum absolute atomic E-state index is 0.137. The molecule has 22 heavy (non-hydrogen) atoms. The van der Waals surface area contributed by atoms with Gasteiger partial charge in [0, 0.05) is 14.2 Å².